The van der Waals surface area contributed by atoms with E-state index in [1.807, 2.05) is 11.9 Å². The standard InChI is InChI=1S/C14H20N2O3/c1-5-14(2,3)15(4)10-13(17)11-6-8-12(9-7-11)16(18)19/h6-9H,5,10H2,1-4H3. The summed E-state index contributed by atoms with van der Waals surface area (Å²) in [4.78, 5) is 24.2. The SMILES string of the molecule is CCC(C)(C)N(C)CC(=O)c1ccc([N+](=O)[O-])cc1. The molecule has 1 aromatic rings. The largest absolute Gasteiger partial charge is 0.294 e. The molecular weight excluding hydrogens is 244 g/mol. The van der Waals surface area contributed by atoms with Gasteiger partial charge < -0.3 is 0 Å². The fourth-order valence-electron chi connectivity index (χ4n) is 1.56. The van der Waals surface area contributed by atoms with Gasteiger partial charge in [0.2, 0.25) is 0 Å². The molecule has 0 unspecified atom stereocenters. The molecule has 0 aliphatic rings. The summed E-state index contributed by atoms with van der Waals surface area (Å²) in [5, 5.41) is 10.5. The molecule has 0 aromatic heterocycles. The predicted molar refractivity (Wildman–Crippen MR) is 74.4 cm³/mol. The van der Waals surface area contributed by atoms with Crippen LogP contribution in [-0.4, -0.2) is 34.7 Å². The smallest absolute Gasteiger partial charge is 0.269 e. The van der Waals surface area contributed by atoms with Crippen molar-refractivity contribution in [3.8, 4) is 0 Å². The molecule has 0 heterocycles. The van der Waals surface area contributed by atoms with Gasteiger partial charge >= 0.3 is 0 Å². The van der Waals surface area contributed by atoms with E-state index >= 15 is 0 Å². The van der Waals surface area contributed by atoms with E-state index in [2.05, 4.69) is 20.8 Å². The summed E-state index contributed by atoms with van der Waals surface area (Å²) in [6.07, 6.45) is 0.942. The Morgan fingerprint density at radius 3 is 2.26 bits per heavy atom. The molecule has 0 saturated carbocycles. The van der Waals surface area contributed by atoms with Gasteiger partial charge in [-0.05, 0) is 39.4 Å². The molecule has 19 heavy (non-hydrogen) atoms. The lowest BCUT2D eigenvalue weighted by Crippen LogP contribution is -2.43. The minimum absolute atomic E-state index is 0.00112. The van der Waals surface area contributed by atoms with Crippen molar-refractivity contribution in [3.05, 3.63) is 39.9 Å². The van der Waals surface area contributed by atoms with Crippen LogP contribution in [0.25, 0.3) is 0 Å². The Morgan fingerprint density at radius 2 is 1.84 bits per heavy atom. The molecule has 0 aliphatic heterocycles. The van der Waals surface area contributed by atoms with Crippen LogP contribution in [0.4, 0.5) is 5.69 Å². The van der Waals surface area contributed by atoms with Crippen LogP contribution in [0.1, 0.15) is 37.6 Å². The van der Waals surface area contributed by atoms with Gasteiger partial charge in [0.1, 0.15) is 0 Å². The van der Waals surface area contributed by atoms with Crippen LogP contribution < -0.4 is 0 Å². The van der Waals surface area contributed by atoms with Gasteiger partial charge in [0.15, 0.2) is 5.78 Å². The van der Waals surface area contributed by atoms with Crippen molar-refractivity contribution in [3.63, 3.8) is 0 Å². The fraction of sp³-hybridized carbons (Fsp3) is 0.500. The molecule has 0 N–H and O–H groups in total. The Morgan fingerprint density at radius 1 is 1.32 bits per heavy atom. The average Bonchev–Trinajstić information content (AvgIpc) is 2.38. The van der Waals surface area contributed by atoms with Crippen molar-refractivity contribution >= 4 is 11.5 Å². The number of rotatable bonds is 6. The van der Waals surface area contributed by atoms with Gasteiger partial charge in [0, 0.05) is 23.2 Å². The third-order valence-corrected chi connectivity index (χ3v) is 3.68. The van der Waals surface area contributed by atoms with Gasteiger partial charge in [-0.2, -0.15) is 0 Å². The van der Waals surface area contributed by atoms with E-state index in [0.717, 1.165) is 6.42 Å². The zero-order valence-corrected chi connectivity index (χ0v) is 11.8. The Kier molecular flexibility index (Phi) is 4.78. The fourth-order valence-corrected chi connectivity index (χ4v) is 1.56. The zero-order chi connectivity index (χ0) is 14.6. The molecule has 0 spiro atoms. The molecule has 0 aliphatic carbocycles. The first kappa shape index (κ1) is 15.3. The van der Waals surface area contributed by atoms with Crippen LogP contribution in [0.3, 0.4) is 0 Å². The molecule has 1 aromatic carbocycles. The molecule has 0 atom stereocenters. The Balaban J connectivity index is 2.76. The second kappa shape index (κ2) is 5.93. The molecule has 0 amide bonds. The van der Waals surface area contributed by atoms with Crippen LogP contribution in [0.2, 0.25) is 0 Å². The van der Waals surface area contributed by atoms with E-state index in [1.54, 1.807) is 0 Å². The lowest BCUT2D eigenvalue weighted by Gasteiger charge is -2.34. The van der Waals surface area contributed by atoms with Crippen molar-refractivity contribution in [1.29, 1.82) is 0 Å². The summed E-state index contributed by atoms with van der Waals surface area (Å²) in [7, 11) is 1.91. The van der Waals surface area contributed by atoms with Gasteiger partial charge in [0.25, 0.3) is 5.69 Å². The maximum absolute atomic E-state index is 12.1. The first-order valence-corrected chi connectivity index (χ1v) is 6.27. The van der Waals surface area contributed by atoms with E-state index in [-0.39, 0.29) is 17.0 Å². The molecule has 0 saturated heterocycles. The quantitative estimate of drug-likeness (QED) is 0.450. The summed E-state index contributed by atoms with van der Waals surface area (Å²) in [6.45, 7) is 6.54. The highest BCUT2D eigenvalue weighted by molar-refractivity contribution is 5.97. The number of Topliss-reactive ketones (excluding diaryl/α,β-unsaturated/α-hetero) is 1. The van der Waals surface area contributed by atoms with Gasteiger partial charge in [-0.3, -0.25) is 19.8 Å². The third-order valence-electron chi connectivity index (χ3n) is 3.68. The van der Waals surface area contributed by atoms with Crippen molar-refractivity contribution in [2.45, 2.75) is 32.7 Å². The van der Waals surface area contributed by atoms with Crippen molar-refractivity contribution in [1.82, 2.24) is 4.90 Å². The zero-order valence-electron chi connectivity index (χ0n) is 11.8. The average molecular weight is 264 g/mol. The van der Waals surface area contributed by atoms with Crippen molar-refractivity contribution in [2.24, 2.45) is 0 Å². The summed E-state index contributed by atoms with van der Waals surface area (Å²) < 4.78 is 0. The van der Waals surface area contributed by atoms with E-state index in [4.69, 9.17) is 0 Å². The minimum Gasteiger partial charge on any atom is -0.294 e. The van der Waals surface area contributed by atoms with Crippen LogP contribution >= 0.6 is 0 Å². The Hall–Kier alpha value is -1.75. The van der Waals surface area contributed by atoms with Crippen LogP contribution in [-0.2, 0) is 0 Å². The number of nitro benzene ring substituents is 1. The first-order valence-electron chi connectivity index (χ1n) is 6.27. The van der Waals surface area contributed by atoms with Gasteiger partial charge in [0.05, 0.1) is 11.5 Å². The highest BCUT2D eigenvalue weighted by Gasteiger charge is 2.23. The molecule has 5 heteroatoms. The molecule has 0 fully saturated rings. The molecule has 5 nitrogen and oxygen atoms in total. The lowest BCUT2D eigenvalue weighted by atomic mass is 9.99. The molecular formula is C14H20N2O3. The maximum atomic E-state index is 12.1. The van der Waals surface area contributed by atoms with Crippen LogP contribution in [0.15, 0.2) is 24.3 Å². The first-order chi connectivity index (χ1) is 8.77. The summed E-state index contributed by atoms with van der Waals surface area (Å²) in [5.41, 5.74) is 0.458. The molecule has 104 valence electrons. The number of carbonyl (C=O) groups excluding carboxylic acids is 1. The Bertz CT molecular complexity index is 466. The lowest BCUT2D eigenvalue weighted by molar-refractivity contribution is -0.384. The second-order valence-electron chi connectivity index (χ2n) is 5.25. The van der Waals surface area contributed by atoms with Crippen LogP contribution in [0.5, 0.6) is 0 Å². The Labute approximate surface area is 113 Å². The number of likely N-dealkylation sites (N-methyl/N-ethyl adjacent to an activating group) is 1. The number of hydrogen-bond donors (Lipinski definition) is 0. The monoisotopic (exact) mass is 264 g/mol. The number of hydrogen-bond acceptors (Lipinski definition) is 4. The number of non-ortho nitro benzene ring substituents is 1. The summed E-state index contributed by atoms with van der Waals surface area (Å²) in [6, 6.07) is 5.73. The highest BCUT2D eigenvalue weighted by Crippen LogP contribution is 2.18. The van der Waals surface area contributed by atoms with Gasteiger partial charge in [-0.15, -0.1) is 0 Å². The maximum Gasteiger partial charge on any atom is 0.269 e. The number of nitro groups is 1. The third kappa shape index (κ3) is 3.86. The van der Waals surface area contributed by atoms with Crippen molar-refractivity contribution in [2.75, 3.05) is 13.6 Å². The normalized spacial score (nSPS) is 11.6. The van der Waals surface area contributed by atoms with E-state index in [9.17, 15) is 14.9 Å². The number of ketones is 1. The number of nitrogens with zero attached hydrogens (tertiary/aromatic N) is 2. The second-order valence-corrected chi connectivity index (χ2v) is 5.25. The molecule has 1 rings (SSSR count). The number of benzene rings is 1. The molecule has 0 radical (unpaired) electrons. The molecule has 0 bridgehead atoms. The summed E-state index contributed by atoms with van der Waals surface area (Å²) >= 11 is 0. The van der Waals surface area contributed by atoms with E-state index in [0.29, 0.717) is 12.1 Å². The van der Waals surface area contributed by atoms with E-state index in [1.165, 1.54) is 24.3 Å². The topological polar surface area (TPSA) is 63.5 Å². The van der Waals surface area contributed by atoms with Gasteiger partial charge in [-0.25, -0.2) is 0 Å². The minimum atomic E-state index is -0.472. The summed E-state index contributed by atoms with van der Waals surface area (Å²) in [5.74, 6) is -0.0288. The highest BCUT2D eigenvalue weighted by atomic mass is 16.6. The van der Waals surface area contributed by atoms with Gasteiger partial charge in [-0.1, -0.05) is 6.92 Å². The predicted octanol–water partition coefficient (Wildman–Crippen LogP) is 2.90. The number of carbonyl (C=O) groups is 1. The van der Waals surface area contributed by atoms with Crippen LogP contribution in [0, 0.1) is 10.1 Å². The van der Waals surface area contributed by atoms with E-state index < -0.39 is 4.92 Å². The van der Waals surface area contributed by atoms with Crippen molar-refractivity contribution < 1.29 is 9.72 Å².